The van der Waals surface area contributed by atoms with Crippen molar-refractivity contribution >= 4 is 6.21 Å². The second-order valence-corrected chi connectivity index (χ2v) is 5.71. The van der Waals surface area contributed by atoms with Gasteiger partial charge in [0.2, 0.25) is 0 Å². The number of rotatable bonds is 11. The van der Waals surface area contributed by atoms with Crippen molar-refractivity contribution in [3.63, 3.8) is 0 Å². The van der Waals surface area contributed by atoms with Crippen LogP contribution in [0.15, 0.2) is 65.8 Å². The molecule has 2 aromatic carbocycles. The van der Waals surface area contributed by atoms with Gasteiger partial charge < -0.3 is 19.4 Å². The average Bonchev–Trinajstić information content (AvgIpc) is 2.68. The molecule has 0 aliphatic rings. The van der Waals surface area contributed by atoms with Gasteiger partial charge in [-0.05, 0) is 11.1 Å². The number of alkyl halides is 1. The van der Waals surface area contributed by atoms with E-state index in [9.17, 15) is 9.50 Å². The van der Waals surface area contributed by atoms with E-state index in [1.54, 1.807) is 0 Å². The van der Waals surface area contributed by atoms with Gasteiger partial charge >= 0.3 is 0 Å². The molecule has 0 fully saturated rings. The topological polar surface area (TPSA) is 60.3 Å². The number of hydrogen-bond acceptors (Lipinski definition) is 5. The Balaban J connectivity index is 1.91. The standard InChI is InChI=1S/C20H24FNO4/c1-24-22-12-18(21)20(26-14-17-10-6-3-7-11-17)19(23)15-25-13-16-8-4-2-5-9-16/h2-12,18-20,23H,13-15H2,1H3/t18-,19-,20+/m1/s1. The van der Waals surface area contributed by atoms with Crippen molar-refractivity contribution in [2.45, 2.75) is 31.6 Å². The van der Waals surface area contributed by atoms with Crippen LogP contribution in [0.4, 0.5) is 4.39 Å². The van der Waals surface area contributed by atoms with Crippen molar-refractivity contribution in [2.75, 3.05) is 13.7 Å². The molecule has 5 nitrogen and oxygen atoms in total. The lowest BCUT2D eigenvalue weighted by Crippen LogP contribution is -2.41. The number of ether oxygens (including phenoxy) is 2. The van der Waals surface area contributed by atoms with Gasteiger partial charge in [-0.1, -0.05) is 65.8 Å². The Morgan fingerprint density at radius 1 is 1.00 bits per heavy atom. The minimum Gasteiger partial charge on any atom is -0.399 e. The first kappa shape index (κ1) is 20.0. The molecule has 3 atom stereocenters. The fourth-order valence-electron chi connectivity index (χ4n) is 2.35. The maximum absolute atomic E-state index is 14.4. The Bertz CT molecular complexity index is 639. The highest BCUT2D eigenvalue weighted by Crippen LogP contribution is 2.13. The van der Waals surface area contributed by atoms with Crippen molar-refractivity contribution in [2.24, 2.45) is 5.16 Å². The summed E-state index contributed by atoms with van der Waals surface area (Å²) in [6.45, 7) is 0.435. The largest absolute Gasteiger partial charge is 0.399 e. The lowest BCUT2D eigenvalue weighted by Gasteiger charge is -2.24. The smallest absolute Gasteiger partial charge is 0.167 e. The Morgan fingerprint density at radius 3 is 2.15 bits per heavy atom. The third-order valence-electron chi connectivity index (χ3n) is 3.69. The monoisotopic (exact) mass is 361 g/mol. The third-order valence-corrected chi connectivity index (χ3v) is 3.69. The van der Waals surface area contributed by atoms with Gasteiger partial charge in [0, 0.05) is 0 Å². The highest BCUT2D eigenvalue weighted by atomic mass is 19.1. The molecule has 2 rings (SSSR count). The highest BCUT2D eigenvalue weighted by molar-refractivity contribution is 5.63. The molecule has 0 saturated heterocycles. The second kappa shape index (κ2) is 11.4. The number of benzene rings is 2. The van der Waals surface area contributed by atoms with Gasteiger partial charge in [0.15, 0.2) is 6.17 Å². The third kappa shape index (κ3) is 6.92. The molecule has 0 amide bonds. The van der Waals surface area contributed by atoms with Gasteiger partial charge in [-0.3, -0.25) is 0 Å². The molecule has 1 N–H and O–H groups in total. The van der Waals surface area contributed by atoms with Gasteiger partial charge in [-0.2, -0.15) is 0 Å². The first-order valence-electron chi connectivity index (χ1n) is 8.36. The van der Waals surface area contributed by atoms with Crippen LogP contribution in [0.1, 0.15) is 11.1 Å². The number of nitrogens with zero attached hydrogens (tertiary/aromatic N) is 1. The van der Waals surface area contributed by atoms with Gasteiger partial charge in [0.25, 0.3) is 0 Å². The number of aliphatic hydroxyl groups excluding tert-OH is 1. The lowest BCUT2D eigenvalue weighted by atomic mass is 10.1. The van der Waals surface area contributed by atoms with E-state index in [2.05, 4.69) is 9.99 Å². The summed E-state index contributed by atoms with van der Waals surface area (Å²) in [7, 11) is 1.32. The van der Waals surface area contributed by atoms with Crippen LogP contribution >= 0.6 is 0 Å². The Labute approximate surface area is 153 Å². The van der Waals surface area contributed by atoms with E-state index >= 15 is 0 Å². The Hall–Kier alpha value is -2.28. The second-order valence-electron chi connectivity index (χ2n) is 5.71. The van der Waals surface area contributed by atoms with Crippen LogP contribution in [0.25, 0.3) is 0 Å². The van der Waals surface area contributed by atoms with Crippen molar-refractivity contribution in [1.29, 1.82) is 0 Å². The van der Waals surface area contributed by atoms with E-state index < -0.39 is 18.4 Å². The maximum Gasteiger partial charge on any atom is 0.167 e. The van der Waals surface area contributed by atoms with Crippen LogP contribution in [-0.2, 0) is 27.5 Å². The highest BCUT2D eigenvalue weighted by Gasteiger charge is 2.29. The molecule has 6 heteroatoms. The van der Waals surface area contributed by atoms with Crippen LogP contribution < -0.4 is 0 Å². The van der Waals surface area contributed by atoms with Crippen LogP contribution in [0.2, 0.25) is 0 Å². The molecule has 0 aliphatic heterocycles. The summed E-state index contributed by atoms with van der Waals surface area (Å²) in [5, 5.41) is 13.8. The summed E-state index contributed by atoms with van der Waals surface area (Å²) in [6, 6.07) is 18.9. The summed E-state index contributed by atoms with van der Waals surface area (Å²) in [4.78, 5) is 4.51. The summed E-state index contributed by atoms with van der Waals surface area (Å²) >= 11 is 0. The van der Waals surface area contributed by atoms with E-state index in [1.807, 2.05) is 60.7 Å². The van der Waals surface area contributed by atoms with Crippen molar-refractivity contribution < 1.29 is 23.8 Å². The maximum atomic E-state index is 14.4. The number of hydrogen-bond donors (Lipinski definition) is 1. The van der Waals surface area contributed by atoms with Crippen molar-refractivity contribution in [3.05, 3.63) is 71.8 Å². The number of aliphatic hydroxyl groups is 1. The summed E-state index contributed by atoms with van der Waals surface area (Å²) in [5.74, 6) is 0. The number of oxime groups is 1. The van der Waals surface area contributed by atoms with E-state index in [1.165, 1.54) is 7.11 Å². The molecular weight excluding hydrogens is 337 g/mol. The summed E-state index contributed by atoms with van der Waals surface area (Å²) in [5.41, 5.74) is 1.85. The quantitative estimate of drug-likeness (QED) is 0.493. The molecule has 0 spiro atoms. The molecule has 0 saturated carbocycles. The molecule has 0 unspecified atom stereocenters. The molecule has 0 heterocycles. The fourth-order valence-corrected chi connectivity index (χ4v) is 2.35. The van der Waals surface area contributed by atoms with Crippen LogP contribution in [0.5, 0.6) is 0 Å². The first-order chi connectivity index (χ1) is 12.7. The van der Waals surface area contributed by atoms with E-state index in [-0.39, 0.29) is 13.2 Å². The molecule has 0 aromatic heterocycles. The molecule has 26 heavy (non-hydrogen) atoms. The van der Waals surface area contributed by atoms with E-state index in [4.69, 9.17) is 9.47 Å². The fraction of sp³-hybridized carbons (Fsp3) is 0.350. The predicted molar refractivity (Wildman–Crippen MR) is 97.5 cm³/mol. The van der Waals surface area contributed by atoms with Gasteiger partial charge in [-0.15, -0.1) is 0 Å². The minimum atomic E-state index is -1.63. The molecule has 2 aromatic rings. The molecule has 0 radical (unpaired) electrons. The van der Waals surface area contributed by atoms with Gasteiger partial charge in [0.05, 0.1) is 26.0 Å². The van der Waals surface area contributed by atoms with Gasteiger partial charge in [0.1, 0.15) is 19.3 Å². The zero-order valence-electron chi connectivity index (χ0n) is 14.7. The molecule has 0 aliphatic carbocycles. The van der Waals surface area contributed by atoms with Crippen molar-refractivity contribution in [1.82, 2.24) is 0 Å². The number of halogens is 1. The Kier molecular flexibility index (Phi) is 8.75. The van der Waals surface area contributed by atoms with Crippen LogP contribution in [-0.4, -0.2) is 43.4 Å². The zero-order chi connectivity index (χ0) is 18.6. The lowest BCUT2D eigenvalue weighted by molar-refractivity contribution is -0.0974. The molecule has 140 valence electrons. The molecule has 0 bridgehead atoms. The Morgan fingerprint density at radius 2 is 1.58 bits per heavy atom. The van der Waals surface area contributed by atoms with Crippen LogP contribution in [0.3, 0.4) is 0 Å². The van der Waals surface area contributed by atoms with Crippen molar-refractivity contribution in [3.8, 4) is 0 Å². The SMILES string of the molecule is CON=C[C@@H](F)[C@H](OCc1ccccc1)[C@H](O)COCc1ccccc1. The zero-order valence-corrected chi connectivity index (χ0v) is 14.7. The van der Waals surface area contributed by atoms with Gasteiger partial charge in [-0.25, -0.2) is 4.39 Å². The normalized spacial score (nSPS) is 14.9. The van der Waals surface area contributed by atoms with Crippen LogP contribution in [0, 0.1) is 0 Å². The molecular formula is C20H24FNO4. The minimum absolute atomic E-state index is 0.0599. The predicted octanol–water partition coefficient (Wildman–Crippen LogP) is 3.12. The first-order valence-corrected chi connectivity index (χ1v) is 8.36. The summed E-state index contributed by atoms with van der Waals surface area (Å²) in [6.07, 6.45) is -2.93. The van der Waals surface area contributed by atoms with E-state index in [0.29, 0.717) is 6.61 Å². The summed E-state index contributed by atoms with van der Waals surface area (Å²) < 4.78 is 25.5. The van der Waals surface area contributed by atoms with E-state index in [0.717, 1.165) is 17.3 Å². The average molecular weight is 361 g/mol.